The molecular formula is C20H18N2O4. The molecule has 0 bridgehead atoms. The zero-order valence-electron chi connectivity index (χ0n) is 14.4. The number of anilines is 1. The van der Waals surface area contributed by atoms with Crippen molar-refractivity contribution in [2.45, 2.75) is 13.3 Å². The van der Waals surface area contributed by atoms with E-state index in [1.54, 1.807) is 25.1 Å². The Labute approximate surface area is 151 Å². The summed E-state index contributed by atoms with van der Waals surface area (Å²) in [6.07, 6.45) is 0.163. The number of esters is 1. The van der Waals surface area contributed by atoms with Crippen LogP contribution in [0.15, 0.2) is 59.9 Å². The quantitative estimate of drug-likeness (QED) is 0.369. The third kappa shape index (κ3) is 4.08. The van der Waals surface area contributed by atoms with Gasteiger partial charge in [-0.2, -0.15) is 5.26 Å². The molecule has 0 heterocycles. The van der Waals surface area contributed by atoms with Gasteiger partial charge in [-0.15, -0.1) is 0 Å². The average molecular weight is 350 g/mol. The van der Waals surface area contributed by atoms with E-state index >= 15 is 0 Å². The lowest BCUT2D eigenvalue weighted by molar-refractivity contribution is -0.112. The van der Waals surface area contributed by atoms with Gasteiger partial charge in [-0.05, 0) is 23.3 Å². The molecule has 2 rings (SSSR count). The second-order valence-electron chi connectivity index (χ2n) is 5.36. The van der Waals surface area contributed by atoms with E-state index in [1.807, 2.05) is 30.3 Å². The van der Waals surface area contributed by atoms with Crippen LogP contribution < -0.4 is 5.32 Å². The molecule has 26 heavy (non-hydrogen) atoms. The van der Waals surface area contributed by atoms with Crippen LogP contribution in [0, 0.1) is 11.3 Å². The van der Waals surface area contributed by atoms with E-state index in [9.17, 15) is 14.7 Å². The molecule has 0 atom stereocenters. The number of benzene rings is 2. The summed E-state index contributed by atoms with van der Waals surface area (Å²) >= 11 is 0. The second kappa shape index (κ2) is 8.49. The van der Waals surface area contributed by atoms with Gasteiger partial charge in [0.2, 0.25) is 0 Å². The lowest BCUT2D eigenvalue weighted by Crippen LogP contribution is -2.16. The molecule has 0 aliphatic heterocycles. The van der Waals surface area contributed by atoms with Crippen molar-refractivity contribution in [1.29, 1.82) is 5.26 Å². The number of carbonyl (C=O) groups is 2. The van der Waals surface area contributed by atoms with Crippen LogP contribution in [0.3, 0.4) is 0 Å². The predicted octanol–water partition coefficient (Wildman–Crippen LogP) is 3.82. The van der Waals surface area contributed by atoms with Crippen LogP contribution in [0.5, 0.6) is 0 Å². The standard InChI is InChI=1S/C20H18N2O4/c1-3-18(23)17(12-21)19(24)22-14-9-10-15(13-7-5-4-6-8-13)16(11-14)20(25)26-2/h4-11,23H,3H2,1-2H3,(H,22,24)/b18-17-. The van der Waals surface area contributed by atoms with Gasteiger partial charge in [-0.25, -0.2) is 4.79 Å². The van der Waals surface area contributed by atoms with Crippen LogP contribution in [0.4, 0.5) is 5.69 Å². The van der Waals surface area contributed by atoms with Crippen LogP contribution >= 0.6 is 0 Å². The molecule has 1 amide bonds. The molecule has 2 N–H and O–H groups in total. The number of methoxy groups -OCH3 is 1. The molecular weight excluding hydrogens is 332 g/mol. The van der Waals surface area contributed by atoms with Crippen molar-refractivity contribution < 1.29 is 19.4 Å². The molecule has 0 saturated heterocycles. The monoisotopic (exact) mass is 350 g/mol. The van der Waals surface area contributed by atoms with Gasteiger partial charge < -0.3 is 15.2 Å². The molecule has 132 valence electrons. The predicted molar refractivity (Wildman–Crippen MR) is 97.4 cm³/mol. The van der Waals surface area contributed by atoms with Gasteiger partial charge in [0.1, 0.15) is 11.8 Å². The molecule has 6 nitrogen and oxygen atoms in total. The molecule has 0 fully saturated rings. The van der Waals surface area contributed by atoms with Gasteiger partial charge >= 0.3 is 5.97 Å². The zero-order chi connectivity index (χ0) is 19.1. The van der Waals surface area contributed by atoms with Crippen molar-refractivity contribution in [3.63, 3.8) is 0 Å². The van der Waals surface area contributed by atoms with Gasteiger partial charge in [0.15, 0.2) is 5.57 Å². The third-order valence-electron chi connectivity index (χ3n) is 3.73. The van der Waals surface area contributed by atoms with Crippen LogP contribution in [0.1, 0.15) is 23.7 Å². The number of rotatable bonds is 5. The van der Waals surface area contributed by atoms with Crippen molar-refractivity contribution in [3.8, 4) is 17.2 Å². The molecule has 0 aliphatic rings. The number of nitrogens with zero attached hydrogens (tertiary/aromatic N) is 1. The minimum absolute atomic E-state index is 0.163. The smallest absolute Gasteiger partial charge is 0.338 e. The van der Waals surface area contributed by atoms with E-state index in [-0.39, 0.29) is 23.3 Å². The van der Waals surface area contributed by atoms with Crippen molar-refractivity contribution in [1.82, 2.24) is 0 Å². The first kappa shape index (κ1) is 18.7. The number of nitriles is 1. The molecule has 2 aromatic rings. The van der Waals surface area contributed by atoms with Crippen LogP contribution in [0.2, 0.25) is 0 Å². The number of aliphatic hydroxyl groups is 1. The fourth-order valence-corrected chi connectivity index (χ4v) is 2.39. The van der Waals surface area contributed by atoms with Gasteiger partial charge in [0.25, 0.3) is 5.91 Å². The van der Waals surface area contributed by atoms with E-state index in [2.05, 4.69) is 5.32 Å². The molecule has 0 aromatic heterocycles. The summed E-state index contributed by atoms with van der Waals surface area (Å²) in [4.78, 5) is 24.3. The van der Waals surface area contributed by atoms with E-state index in [0.29, 0.717) is 11.3 Å². The Hall–Kier alpha value is -3.59. The summed E-state index contributed by atoms with van der Waals surface area (Å²) in [5.74, 6) is -1.58. The Morgan fingerprint density at radius 1 is 1.19 bits per heavy atom. The highest BCUT2D eigenvalue weighted by Gasteiger charge is 2.18. The summed E-state index contributed by atoms with van der Waals surface area (Å²) in [6, 6.07) is 15.7. The van der Waals surface area contributed by atoms with Crippen molar-refractivity contribution in [3.05, 3.63) is 65.4 Å². The fraction of sp³-hybridized carbons (Fsp3) is 0.150. The summed E-state index contributed by atoms with van der Waals surface area (Å²) in [5, 5.41) is 21.2. The number of aliphatic hydroxyl groups excluding tert-OH is 1. The number of hydrogen-bond donors (Lipinski definition) is 2. The molecule has 2 aromatic carbocycles. The minimum atomic E-state index is -0.741. The second-order valence-corrected chi connectivity index (χ2v) is 5.36. The summed E-state index contributed by atoms with van der Waals surface area (Å²) in [5.41, 5.74) is 1.71. The normalized spacial score (nSPS) is 11.1. The van der Waals surface area contributed by atoms with Gasteiger partial charge in [-0.3, -0.25) is 4.79 Å². The highest BCUT2D eigenvalue weighted by molar-refractivity contribution is 6.08. The highest BCUT2D eigenvalue weighted by atomic mass is 16.5. The zero-order valence-corrected chi connectivity index (χ0v) is 14.4. The Kier molecular flexibility index (Phi) is 6.12. The average Bonchev–Trinajstić information content (AvgIpc) is 2.68. The van der Waals surface area contributed by atoms with E-state index < -0.39 is 11.9 Å². The molecule has 0 radical (unpaired) electrons. The number of hydrogen-bond acceptors (Lipinski definition) is 5. The van der Waals surface area contributed by atoms with Crippen molar-refractivity contribution in [2.24, 2.45) is 0 Å². The first-order chi connectivity index (χ1) is 12.5. The number of carbonyl (C=O) groups excluding carboxylic acids is 2. The number of nitrogens with one attached hydrogen (secondary N) is 1. The van der Waals surface area contributed by atoms with Crippen LogP contribution in [0.25, 0.3) is 11.1 Å². The molecule has 0 unspecified atom stereocenters. The van der Waals surface area contributed by atoms with E-state index in [1.165, 1.54) is 13.2 Å². The summed E-state index contributed by atoms with van der Waals surface area (Å²) in [6.45, 7) is 1.63. The van der Waals surface area contributed by atoms with Gasteiger partial charge in [0, 0.05) is 12.1 Å². The molecule has 0 aliphatic carbocycles. The van der Waals surface area contributed by atoms with Crippen LogP contribution in [-0.2, 0) is 9.53 Å². The number of amides is 1. The molecule has 0 spiro atoms. The van der Waals surface area contributed by atoms with E-state index in [4.69, 9.17) is 10.00 Å². The number of allylic oxidation sites excluding steroid dienone is 1. The fourth-order valence-electron chi connectivity index (χ4n) is 2.39. The third-order valence-corrected chi connectivity index (χ3v) is 3.73. The van der Waals surface area contributed by atoms with Gasteiger partial charge in [0.05, 0.1) is 12.7 Å². The first-order valence-corrected chi connectivity index (χ1v) is 7.93. The number of ether oxygens (including phenoxy) is 1. The Morgan fingerprint density at radius 3 is 2.46 bits per heavy atom. The largest absolute Gasteiger partial charge is 0.511 e. The Morgan fingerprint density at radius 2 is 1.88 bits per heavy atom. The molecule has 6 heteroatoms. The van der Waals surface area contributed by atoms with Gasteiger partial charge in [-0.1, -0.05) is 43.3 Å². The lowest BCUT2D eigenvalue weighted by atomic mass is 9.99. The van der Waals surface area contributed by atoms with E-state index in [0.717, 1.165) is 5.56 Å². The lowest BCUT2D eigenvalue weighted by Gasteiger charge is -2.12. The van der Waals surface area contributed by atoms with Crippen molar-refractivity contribution in [2.75, 3.05) is 12.4 Å². The topological polar surface area (TPSA) is 99.4 Å². The first-order valence-electron chi connectivity index (χ1n) is 7.93. The highest BCUT2D eigenvalue weighted by Crippen LogP contribution is 2.27. The molecule has 0 saturated carbocycles. The summed E-state index contributed by atoms with van der Waals surface area (Å²) < 4.78 is 4.83. The maximum absolute atomic E-state index is 12.2. The summed E-state index contributed by atoms with van der Waals surface area (Å²) in [7, 11) is 1.28. The van der Waals surface area contributed by atoms with Crippen molar-refractivity contribution >= 4 is 17.6 Å². The Balaban J connectivity index is 2.42. The Bertz CT molecular complexity index is 896. The maximum atomic E-state index is 12.2. The SMILES string of the molecule is CC/C(O)=C(\C#N)C(=O)Nc1ccc(-c2ccccc2)c(C(=O)OC)c1. The maximum Gasteiger partial charge on any atom is 0.338 e. The minimum Gasteiger partial charge on any atom is -0.511 e. The van der Waals surface area contributed by atoms with Crippen LogP contribution in [-0.4, -0.2) is 24.1 Å².